The zero-order valence-electron chi connectivity index (χ0n) is 15.7. The van der Waals surface area contributed by atoms with Gasteiger partial charge in [0, 0.05) is 12.1 Å². The molecule has 3 rings (SSSR count). The van der Waals surface area contributed by atoms with Crippen LogP contribution in [0.5, 0.6) is 11.5 Å². The average molecular weight is 395 g/mol. The Morgan fingerprint density at radius 1 is 1.00 bits per heavy atom. The summed E-state index contributed by atoms with van der Waals surface area (Å²) < 4.78 is 10.7. The van der Waals surface area contributed by atoms with Gasteiger partial charge in [-0.1, -0.05) is 42.1 Å². The van der Waals surface area contributed by atoms with Crippen molar-refractivity contribution in [1.29, 1.82) is 0 Å². The monoisotopic (exact) mass is 395 g/mol. The molecule has 1 amide bonds. The summed E-state index contributed by atoms with van der Waals surface area (Å²) in [5.41, 5.74) is 2.54. The molecule has 0 saturated heterocycles. The fourth-order valence-corrected chi connectivity index (χ4v) is 3.19. The molecule has 0 aliphatic heterocycles. The number of nitrogens with zero attached hydrogens (tertiary/aromatic N) is 2. The molecule has 2 aromatic carbocycles. The van der Waals surface area contributed by atoms with E-state index in [9.17, 15) is 4.79 Å². The maximum absolute atomic E-state index is 12.0. The molecule has 0 atom stereocenters. The van der Waals surface area contributed by atoms with Crippen LogP contribution in [-0.2, 0) is 11.3 Å². The molecule has 1 aromatic heterocycles. The first-order valence-electron chi connectivity index (χ1n) is 8.69. The molecule has 0 aliphatic rings. The van der Waals surface area contributed by atoms with Gasteiger partial charge in [0.05, 0.1) is 25.7 Å². The number of carbonyl (C=O) groups is 1. The third kappa shape index (κ3) is 5.23. The number of amides is 1. The van der Waals surface area contributed by atoms with E-state index >= 15 is 0 Å². The first kappa shape index (κ1) is 19.7. The Bertz CT molecular complexity index is 918. The minimum atomic E-state index is -0.0470. The van der Waals surface area contributed by atoms with E-state index in [0.29, 0.717) is 28.8 Å². The molecule has 3 aromatic rings. The Labute approximate surface area is 168 Å². The minimum Gasteiger partial charge on any atom is -0.497 e. The van der Waals surface area contributed by atoms with Gasteiger partial charge in [0.25, 0.3) is 0 Å². The van der Waals surface area contributed by atoms with E-state index in [-0.39, 0.29) is 11.7 Å². The largest absolute Gasteiger partial charge is 0.497 e. The molecule has 0 radical (unpaired) electrons. The third-order valence-corrected chi connectivity index (χ3v) is 4.93. The van der Waals surface area contributed by atoms with Crippen molar-refractivity contribution in [3.05, 3.63) is 66.2 Å². The maximum Gasteiger partial charge on any atom is 0.230 e. The molecule has 7 heteroatoms. The number of methoxy groups -OCH3 is 2. The normalized spacial score (nSPS) is 10.4. The second-order valence-electron chi connectivity index (χ2n) is 5.87. The van der Waals surface area contributed by atoms with Gasteiger partial charge in [-0.3, -0.25) is 4.79 Å². The summed E-state index contributed by atoms with van der Waals surface area (Å²) in [6.45, 7) is 0.514. The second kappa shape index (κ2) is 9.75. The van der Waals surface area contributed by atoms with Crippen LogP contribution in [0.3, 0.4) is 0 Å². The molecule has 1 heterocycles. The van der Waals surface area contributed by atoms with Gasteiger partial charge in [0.15, 0.2) is 0 Å². The van der Waals surface area contributed by atoms with Crippen molar-refractivity contribution in [3.8, 4) is 22.8 Å². The standard InChI is InChI=1S/C21H21N3O3S/c1-26-16-8-10-19(27-2)17(12-16)18-9-11-21(24-23-18)28-14-20(25)22-13-15-6-4-3-5-7-15/h3-12H,13-14H2,1-2H3,(H,22,25). The molecular weight excluding hydrogens is 374 g/mol. The first-order chi connectivity index (χ1) is 13.7. The quantitative estimate of drug-likeness (QED) is 0.588. The van der Waals surface area contributed by atoms with E-state index in [4.69, 9.17) is 9.47 Å². The first-order valence-corrected chi connectivity index (χ1v) is 9.67. The Kier molecular flexibility index (Phi) is 6.86. The number of benzene rings is 2. The highest BCUT2D eigenvalue weighted by atomic mass is 32.2. The number of hydrogen-bond donors (Lipinski definition) is 1. The van der Waals surface area contributed by atoms with Crippen LogP contribution in [-0.4, -0.2) is 36.1 Å². The van der Waals surface area contributed by atoms with Gasteiger partial charge >= 0.3 is 0 Å². The van der Waals surface area contributed by atoms with Crippen molar-refractivity contribution >= 4 is 17.7 Å². The van der Waals surface area contributed by atoms with Crippen molar-refractivity contribution in [1.82, 2.24) is 15.5 Å². The topological polar surface area (TPSA) is 73.3 Å². The van der Waals surface area contributed by atoms with Crippen LogP contribution in [0.1, 0.15) is 5.56 Å². The number of thioether (sulfide) groups is 1. The molecule has 144 valence electrons. The molecule has 0 aliphatic carbocycles. The van der Waals surface area contributed by atoms with E-state index in [1.54, 1.807) is 14.2 Å². The molecule has 0 unspecified atom stereocenters. The van der Waals surface area contributed by atoms with Gasteiger partial charge < -0.3 is 14.8 Å². The third-order valence-electron chi connectivity index (χ3n) is 4.01. The van der Waals surface area contributed by atoms with Crippen LogP contribution in [0.4, 0.5) is 0 Å². The zero-order valence-corrected chi connectivity index (χ0v) is 16.5. The van der Waals surface area contributed by atoms with Gasteiger partial charge in [-0.2, -0.15) is 0 Å². The molecule has 6 nitrogen and oxygen atoms in total. The van der Waals surface area contributed by atoms with Crippen molar-refractivity contribution in [2.75, 3.05) is 20.0 Å². The van der Waals surface area contributed by atoms with E-state index in [2.05, 4.69) is 15.5 Å². The maximum atomic E-state index is 12.0. The highest BCUT2D eigenvalue weighted by Gasteiger charge is 2.11. The Morgan fingerprint density at radius 2 is 1.82 bits per heavy atom. The Hall–Kier alpha value is -3.06. The Balaban J connectivity index is 1.58. The molecule has 0 fully saturated rings. The second-order valence-corrected chi connectivity index (χ2v) is 6.87. The number of carbonyl (C=O) groups excluding carboxylic acids is 1. The lowest BCUT2D eigenvalue weighted by Crippen LogP contribution is -2.24. The van der Waals surface area contributed by atoms with Crippen molar-refractivity contribution in [2.45, 2.75) is 11.6 Å². The highest BCUT2D eigenvalue weighted by Crippen LogP contribution is 2.32. The van der Waals surface area contributed by atoms with Gasteiger partial charge in [0.2, 0.25) is 5.91 Å². The predicted molar refractivity (Wildman–Crippen MR) is 110 cm³/mol. The minimum absolute atomic E-state index is 0.0470. The highest BCUT2D eigenvalue weighted by molar-refractivity contribution is 7.99. The molecular formula is C21H21N3O3S. The van der Waals surface area contributed by atoms with Crippen molar-refractivity contribution in [2.24, 2.45) is 0 Å². The van der Waals surface area contributed by atoms with Crippen LogP contribution in [0, 0.1) is 0 Å². The lowest BCUT2D eigenvalue weighted by atomic mass is 10.1. The smallest absolute Gasteiger partial charge is 0.230 e. The summed E-state index contributed by atoms with van der Waals surface area (Å²) in [6, 6.07) is 19.0. The lowest BCUT2D eigenvalue weighted by molar-refractivity contribution is -0.118. The van der Waals surface area contributed by atoms with Crippen LogP contribution in [0.15, 0.2) is 65.7 Å². The van der Waals surface area contributed by atoms with E-state index < -0.39 is 0 Å². The van der Waals surface area contributed by atoms with Crippen LogP contribution in [0.2, 0.25) is 0 Å². The van der Waals surface area contributed by atoms with Crippen LogP contribution >= 0.6 is 11.8 Å². The number of aromatic nitrogens is 2. The molecule has 28 heavy (non-hydrogen) atoms. The van der Waals surface area contributed by atoms with Crippen LogP contribution in [0.25, 0.3) is 11.3 Å². The van der Waals surface area contributed by atoms with Crippen molar-refractivity contribution in [3.63, 3.8) is 0 Å². The predicted octanol–water partition coefficient (Wildman–Crippen LogP) is 3.57. The summed E-state index contributed by atoms with van der Waals surface area (Å²) in [6.07, 6.45) is 0. The van der Waals surface area contributed by atoms with E-state index in [1.165, 1.54) is 11.8 Å². The van der Waals surface area contributed by atoms with E-state index in [0.717, 1.165) is 11.1 Å². The number of ether oxygens (including phenoxy) is 2. The van der Waals surface area contributed by atoms with Crippen LogP contribution < -0.4 is 14.8 Å². The zero-order chi connectivity index (χ0) is 19.8. The lowest BCUT2D eigenvalue weighted by Gasteiger charge is -2.10. The fourth-order valence-electron chi connectivity index (χ4n) is 2.54. The van der Waals surface area contributed by atoms with E-state index in [1.807, 2.05) is 60.7 Å². The van der Waals surface area contributed by atoms with Crippen molar-refractivity contribution < 1.29 is 14.3 Å². The average Bonchev–Trinajstić information content (AvgIpc) is 2.77. The van der Waals surface area contributed by atoms with Gasteiger partial charge in [-0.05, 0) is 35.9 Å². The summed E-state index contributed by atoms with van der Waals surface area (Å²) >= 11 is 1.34. The number of nitrogens with one attached hydrogen (secondary N) is 1. The fraction of sp³-hybridized carbons (Fsp3) is 0.190. The van der Waals surface area contributed by atoms with Gasteiger partial charge in [-0.25, -0.2) is 0 Å². The molecule has 0 bridgehead atoms. The Morgan fingerprint density at radius 3 is 2.50 bits per heavy atom. The number of rotatable bonds is 8. The number of hydrogen-bond acceptors (Lipinski definition) is 6. The van der Waals surface area contributed by atoms with Gasteiger partial charge in [-0.15, -0.1) is 10.2 Å². The molecule has 1 N–H and O–H groups in total. The summed E-state index contributed by atoms with van der Waals surface area (Å²) in [4.78, 5) is 12.0. The summed E-state index contributed by atoms with van der Waals surface area (Å²) in [5.74, 6) is 1.64. The summed E-state index contributed by atoms with van der Waals surface area (Å²) in [5, 5.41) is 12.1. The van der Waals surface area contributed by atoms with Gasteiger partial charge in [0.1, 0.15) is 16.5 Å². The molecule has 0 spiro atoms. The SMILES string of the molecule is COc1ccc(OC)c(-c2ccc(SCC(=O)NCc3ccccc3)nn2)c1. The molecule has 0 saturated carbocycles. The summed E-state index contributed by atoms with van der Waals surface area (Å²) in [7, 11) is 3.22.